The molecule has 0 bridgehead atoms. The molecule has 1 unspecified atom stereocenters. The van der Waals surface area contributed by atoms with Crippen LogP contribution in [0.4, 0.5) is 5.69 Å². The minimum absolute atomic E-state index is 0.143. The summed E-state index contributed by atoms with van der Waals surface area (Å²) in [6, 6.07) is 5.77. The topological polar surface area (TPSA) is 35.2 Å². The smallest absolute Gasteiger partial charge is 0.0693 e. The van der Waals surface area contributed by atoms with Gasteiger partial charge in [-0.2, -0.15) is 0 Å². The van der Waals surface area contributed by atoms with E-state index in [1.54, 1.807) is 0 Å². The average molecular weight is 312 g/mol. The highest BCUT2D eigenvalue weighted by Gasteiger charge is 2.38. The summed E-state index contributed by atoms with van der Waals surface area (Å²) in [7, 11) is 0. The van der Waals surface area contributed by atoms with Crippen LogP contribution in [0.25, 0.3) is 0 Å². The van der Waals surface area contributed by atoms with E-state index in [9.17, 15) is 0 Å². The van der Waals surface area contributed by atoms with Gasteiger partial charge in [0.15, 0.2) is 0 Å². The fraction of sp³-hybridized carbons (Fsp3) is 0.625. The highest BCUT2D eigenvalue weighted by molar-refractivity contribution is 8.00. The molecule has 2 aliphatic rings. The maximum Gasteiger partial charge on any atom is 0.0693 e. The van der Waals surface area contributed by atoms with Crippen molar-refractivity contribution in [3.8, 4) is 0 Å². The molecule has 2 fully saturated rings. The lowest BCUT2D eigenvalue weighted by Gasteiger charge is -2.43. The molecule has 1 aliphatic carbocycles. The molecule has 4 heteroatoms. The molecule has 3 rings (SSSR count). The van der Waals surface area contributed by atoms with Gasteiger partial charge in [0.05, 0.1) is 10.6 Å². The number of anilines is 1. The number of hydrogen-bond acceptors (Lipinski definition) is 3. The lowest BCUT2D eigenvalue weighted by Crippen LogP contribution is -2.42. The first kappa shape index (κ1) is 14.6. The standard InChI is InChI=1S/C16H22ClNOS/c17-13-5-4-6-14(18)15(13)20-12-7-10-19-16(11-12)8-2-1-3-9-16/h4-6,12H,1-3,7-11,18H2. The first-order valence-electron chi connectivity index (χ1n) is 7.53. The molecule has 1 saturated heterocycles. The van der Waals surface area contributed by atoms with Crippen molar-refractivity contribution >= 4 is 29.1 Å². The highest BCUT2D eigenvalue weighted by Crippen LogP contribution is 2.45. The van der Waals surface area contributed by atoms with Gasteiger partial charge in [0.1, 0.15) is 0 Å². The van der Waals surface area contributed by atoms with Crippen LogP contribution in [0.15, 0.2) is 23.1 Å². The second-order valence-corrected chi connectivity index (χ2v) is 7.70. The highest BCUT2D eigenvalue weighted by atomic mass is 35.5. The molecule has 110 valence electrons. The Morgan fingerprint density at radius 3 is 2.80 bits per heavy atom. The minimum atomic E-state index is 0.143. The summed E-state index contributed by atoms with van der Waals surface area (Å²) in [4.78, 5) is 1.05. The first-order chi connectivity index (χ1) is 9.69. The van der Waals surface area contributed by atoms with Crippen molar-refractivity contribution < 1.29 is 4.74 Å². The summed E-state index contributed by atoms with van der Waals surface area (Å²) >= 11 is 8.14. The van der Waals surface area contributed by atoms with Gasteiger partial charge in [-0.25, -0.2) is 0 Å². The fourth-order valence-corrected chi connectivity index (χ4v) is 5.08. The van der Waals surface area contributed by atoms with E-state index in [4.69, 9.17) is 22.1 Å². The first-order valence-corrected chi connectivity index (χ1v) is 8.79. The molecule has 1 aliphatic heterocycles. The Labute approximate surface area is 130 Å². The molecule has 2 N–H and O–H groups in total. The van der Waals surface area contributed by atoms with Gasteiger partial charge in [-0.1, -0.05) is 36.9 Å². The molecule has 1 aromatic rings. The molecule has 1 aromatic carbocycles. The zero-order chi connectivity index (χ0) is 14.0. The van der Waals surface area contributed by atoms with Gasteiger partial charge < -0.3 is 10.5 Å². The van der Waals surface area contributed by atoms with Crippen LogP contribution in [0.5, 0.6) is 0 Å². The van der Waals surface area contributed by atoms with Crippen LogP contribution < -0.4 is 5.73 Å². The van der Waals surface area contributed by atoms with Gasteiger partial charge in [-0.3, -0.25) is 0 Å². The number of thioether (sulfide) groups is 1. The number of nitrogen functional groups attached to an aromatic ring is 1. The van der Waals surface area contributed by atoms with Crippen molar-refractivity contribution in [1.82, 2.24) is 0 Å². The Morgan fingerprint density at radius 1 is 1.25 bits per heavy atom. The second-order valence-electron chi connectivity index (χ2n) is 5.98. The van der Waals surface area contributed by atoms with Crippen LogP contribution in [0.2, 0.25) is 5.02 Å². The van der Waals surface area contributed by atoms with Crippen LogP contribution in [0.3, 0.4) is 0 Å². The maximum absolute atomic E-state index is 6.29. The molecule has 1 spiro atoms. The predicted octanol–water partition coefficient (Wildman–Crippen LogP) is 4.90. The Bertz CT molecular complexity index is 448. The van der Waals surface area contributed by atoms with Crippen LogP contribution in [0, 0.1) is 0 Å². The Hall–Kier alpha value is -0.380. The number of rotatable bonds is 2. The van der Waals surface area contributed by atoms with Gasteiger partial charge in [0.2, 0.25) is 0 Å². The van der Waals surface area contributed by atoms with E-state index in [1.807, 2.05) is 30.0 Å². The summed E-state index contributed by atoms with van der Waals surface area (Å²) in [5, 5.41) is 1.35. The normalized spacial score (nSPS) is 25.8. The number of nitrogens with two attached hydrogens (primary N) is 1. The summed E-state index contributed by atoms with van der Waals surface area (Å²) in [6.07, 6.45) is 8.67. The number of halogens is 1. The fourth-order valence-electron chi connectivity index (χ4n) is 3.44. The van der Waals surface area contributed by atoms with Crippen molar-refractivity contribution in [3.05, 3.63) is 23.2 Å². The summed E-state index contributed by atoms with van der Waals surface area (Å²) in [6.45, 7) is 0.877. The van der Waals surface area contributed by atoms with Gasteiger partial charge in [0.25, 0.3) is 0 Å². The summed E-state index contributed by atoms with van der Waals surface area (Å²) in [5.74, 6) is 0. The van der Waals surface area contributed by atoms with Crippen LogP contribution in [-0.4, -0.2) is 17.5 Å². The lowest BCUT2D eigenvalue weighted by atomic mass is 9.80. The van der Waals surface area contributed by atoms with E-state index in [-0.39, 0.29) is 5.60 Å². The molecular weight excluding hydrogens is 290 g/mol. The van der Waals surface area contributed by atoms with Crippen LogP contribution >= 0.6 is 23.4 Å². The molecule has 0 radical (unpaired) electrons. The van der Waals surface area contributed by atoms with Gasteiger partial charge in [0, 0.05) is 22.4 Å². The zero-order valence-electron chi connectivity index (χ0n) is 11.7. The van der Waals surface area contributed by atoms with E-state index in [2.05, 4.69) is 0 Å². The number of hydrogen-bond donors (Lipinski definition) is 1. The van der Waals surface area contributed by atoms with Crippen molar-refractivity contribution in [2.45, 2.75) is 60.7 Å². The van der Waals surface area contributed by atoms with Crippen LogP contribution in [-0.2, 0) is 4.74 Å². The molecule has 1 atom stereocenters. The Kier molecular flexibility index (Phi) is 4.49. The van der Waals surface area contributed by atoms with E-state index >= 15 is 0 Å². The van der Waals surface area contributed by atoms with E-state index in [1.165, 1.54) is 32.1 Å². The lowest BCUT2D eigenvalue weighted by molar-refractivity contribution is -0.0970. The number of ether oxygens (including phenoxy) is 1. The Morgan fingerprint density at radius 2 is 2.05 bits per heavy atom. The molecule has 1 heterocycles. The molecule has 0 aromatic heterocycles. The van der Waals surface area contributed by atoms with Gasteiger partial charge in [-0.05, 0) is 37.8 Å². The SMILES string of the molecule is Nc1cccc(Cl)c1SC1CCOC2(CCCCC2)C1. The second kappa shape index (κ2) is 6.17. The molecule has 2 nitrogen and oxygen atoms in total. The van der Waals surface area contributed by atoms with E-state index < -0.39 is 0 Å². The zero-order valence-corrected chi connectivity index (χ0v) is 13.3. The molecule has 1 saturated carbocycles. The maximum atomic E-state index is 6.29. The minimum Gasteiger partial charge on any atom is -0.398 e. The monoisotopic (exact) mass is 311 g/mol. The third-order valence-electron chi connectivity index (χ3n) is 4.49. The van der Waals surface area contributed by atoms with Crippen molar-refractivity contribution in [3.63, 3.8) is 0 Å². The van der Waals surface area contributed by atoms with Crippen molar-refractivity contribution in [1.29, 1.82) is 0 Å². The summed E-state index contributed by atoms with van der Waals surface area (Å²) < 4.78 is 6.16. The van der Waals surface area contributed by atoms with Crippen molar-refractivity contribution in [2.24, 2.45) is 0 Å². The van der Waals surface area contributed by atoms with Crippen LogP contribution in [0.1, 0.15) is 44.9 Å². The molecule has 0 amide bonds. The van der Waals surface area contributed by atoms with Gasteiger partial charge >= 0.3 is 0 Å². The third kappa shape index (κ3) is 3.10. The van der Waals surface area contributed by atoms with E-state index in [0.717, 1.165) is 35.1 Å². The van der Waals surface area contributed by atoms with E-state index in [0.29, 0.717) is 5.25 Å². The third-order valence-corrected chi connectivity index (χ3v) is 6.35. The average Bonchev–Trinajstić information content (AvgIpc) is 2.44. The molecular formula is C16H22ClNOS. The quantitative estimate of drug-likeness (QED) is 0.789. The van der Waals surface area contributed by atoms with Gasteiger partial charge in [-0.15, -0.1) is 11.8 Å². The largest absolute Gasteiger partial charge is 0.398 e. The Balaban J connectivity index is 1.71. The predicted molar refractivity (Wildman–Crippen MR) is 86.5 cm³/mol. The van der Waals surface area contributed by atoms with Crippen molar-refractivity contribution in [2.75, 3.05) is 12.3 Å². The molecule has 20 heavy (non-hydrogen) atoms. The number of benzene rings is 1. The summed E-state index contributed by atoms with van der Waals surface area (Å²) in [5.41, 5.74) is 7.01.